The van der Waals surface area contributed by atoms with E-state index in [1.165, 1.54) is 33.5 Å². The van der Waals surface area contributed by atoms with Crippen molar-refractivity contribution >= 4 is 19.1 Å². The van der Waals surface area contributed by atoms with Crippen LogP contribution in [0.5, 0.6) is 17.2 Å². The molecule has 1 fully saturated rings. The molecule has 3 rings (SSSR count). The van der Waals surface area contributed by atoms with Crippen molar-refractivity contribution in [1.29, 1.82) is 0 Å². The Balaban J connectivity index is 2.26. The Bertz CT molecular complexity index is 1190. The first-order chi connectivity index (χ1) is 17.7. The molecule has 6 nitrogen and oxygen atoms in total. The average Bonchev–Trinajstić information content (AvgIpc) is 2.89. The molecule has 0 heterocycles. The van der Waals surface area contributed by atoms with Crippen LogP contribution in [0.4, 0.5) is 26.3 Å². The van der Waals surface area contributed by atoms with Crippen molar-refractivity contribution in [3.05, 3.63) is 52.6 Å². The summed E-state index contributed by atoms with van der Waals surface area (Å²) in [6, 6.07) is 3.82. The van der Waals surface area contributed by atoms with Crippen LogP contribution in [-0.2, 0) is 16.9 Å². The quantitative estimate of drug-likeness (QED) is 0.190. The van der Waals surface area contributed by atoms with E-state index >= 15 is 0 Å². The summed E-state index contributed by atoms with van der Waals surface area (Å²) in [4.78, 5) is 27.5. The van der Waals surface area contributed by atoms with Crippen LogP contribution in [-0.4, -0.2) is 37.8 Å². The molecular formula is C25H24F6O6P+. The van der Waals surface area contributed by atoms with Crippen molar-refractivity contribution < 1.29 is 54.7 Å². The lowest BCUT2D eigenvalue weighted by Crippen LogP contribution is -2.41. The predicted molar refractivity (Wildman–Crippen MR) is 125 cm³/mol. The summed E-state index contributed by atoms with van der Waals surface area (Å²) in [5.74, 6) is -1.74. The molecule has 1 atom stereocenters. The summed E-state index contributed by atoms with van der Waals surface area (Å²) < 4.78 is 113. The molecule has 1 aliphatic rings. The Morgan fingerprint density at radius 3 is 1.66 bits per heavy atom. The summed E-state index contributed by atoms with van der Waals surface area (Å²) in [5, 5.41) is -2.30. The van der Waals surface area contributed by atoms with Gasteiger partial charge >= 0.3 is 25.7 Å². The zero-order chi connectivity index (χ0) is 28.5. The van der Waals surface area contributed by atoms with E-state index in [0.717, 1.165) is 0 Å². The van der Waals surface area contributed by atoms with Crippen LogP contribution in [0.1, 0.15) is 63.9 Å². The zero-order valence-electron chi connectivity index (χ0n) is 20.6. The van der Waals surface area contributed by atoms with E-state index in [0.29, 0.717) is 24.6 Å². The largest absolute Gasteiger partial charge is 0.496 e. The van der Waals surface area contributed by atoms with Gasteiger partial charge in [0, 0.05) is 30.5 Å². The maximum absolute atomic E-state index is 13.9. The van der Waals surface area contributed by atoms with Crippen LogP contribution in [0.25, 0.3) is 0 Å². The Morgan fingerprint density at radius 1 is 0.789 bits per heavy atom. The number of halogens is 6. The summed E-state index contributed by atoms with van der Waals surface area (Å²) in [6.07, 6.45) is -10.5. The monoisotopic (exact) mass is 565 g/mol. The van der Waals surface area contributed by atoms with Gasteiger partial charge in [0.15, 0.2) is 5.56 Å². The number of carbonyl (C=O) groups is 2. The van der Waals surface area contributed by atoms with Crippen molar-refractivity contribution in [3.8, 4) is 17.2 Å². The summed E-state index contributed by atoms with van der Waals surface area (Å²) in [5.41, 5.74) is -6.81. The molecule has 1 aliphatic carbocycles. The van der Waals surface area contributed by atoms with Gasteiger partial charge < -0.3 is 14.2 Å². The summed E-state index contributed by atoms with van der Waals surface area (Å²) >= 11 is 0. The van der Waals surface area contributed by atoms with Gasteiger partial charge in [-0.2, -0.15) is 26.3 Å². The molecule has 38 heavy (non-hydrogen) atoms. The highest BCUT2D eigenvalue weighted by molar-refractivity contribution is 7.67. The number of alkyl halides is 6. The molecule has 0 aromatic heterocycles. The van der Waals surface area contributed by atoms with Gasteiger partial charge in [-0.05, 0) is 25.0 Å². The number of hydrogen-bond acceptors (Lipinski definition) is 6. The molecular weight excluding hydrogens is 541 g/mol. The lowest BCUT2D eigenvalue weighted by atomic mass is 9.80. The SMILES string of the molecule is COc1cc(OC)c(C(=O)[P+](=O)C2(C(=O)c3c(C(F)(F)F)cccc3C(F)(F)F)CCCCC2)c(OC)c1. The Kier molecular flexibility index (Phi) is 8.45. The summed E-state index contributed by atoms with van der Waals surface area (Å²) in [6.45, 7) is 0. The fraction of sp³-hybridized carbons (Fsp3) is 0.440. The van der Waals surface area contributed by atoms with Crippen molar-refractivity contribution in [2.75, 3.05) is 21.3 Å². The van der Waals surface area contributed by atoms with E-state index < -0.39 is 53.3 Å². The highest BCUT2D eigenvalue weighted by Crippen LogP contribution is 2.56. The Morgan fingerprint density at radius 2 is 1.26 bits per heavy atom. The molecule has 1 saturated carbocycles. The fourth-order valence-electron chi connectivity index (χ4n) is 4.67. The first kappa shape index (κ1) is 29.4. The molecule has 1 unspecified atom stereocenters. The van der Waals surface area contributed by atoms with E-state index in [4.69, 9.17) is 14.2 Å². The molecule has 0 saturated heterocycles. The number of benzene rings is 2. The summed E-state index contributed by atoms with van der Waals surface area (Å²) in [7, 11) is 0.288. The average molecular weight is 565 g/mol. The second kappa shape index (κ2) is 10.9. The zero-order valence-corrected chi connectivity index (χ0v) is 21.5. The first-order valence-electron chi connectivity index (χ1n) is 11.4. The topological polar surface area (TPSA) is 78.9 Å². The van der Waals surface area contributed by atoms with Crippen molar-refractivity contribution in [1.82, 2.24) is 0 Å². The number of Topliss-reactive ketones (excluding diaryl/α,β-unsaturated/α-hetero) is 1. The van der Waals surface area contributed by atoms with Crippen LogP contribution in [0.15, 0.2) is 30.3 Å². The molecule has 0 N–H and O–H groups in total. The highest BCUT2D eigenvalue weighted by atomic mass is 31.1. The van der Waals surface area contributed by atoms with Crippen LogP contribution >= 0.6 is 7.80 Å². The normalized spacial score (nSPS) is 16.0. The molecule has 0 radical (unpaired) electrons. The number of carbonyl (C=O) groups excluding carboxylic acids is 2. The maximum Gasteiger partial charge on any atom is 0.434 e. The van der Waals surface area contributed by atoms with Gasteiger partial charge in [-0.15, -0.1) is 0 Å². The molecule has 0 spiro atoms. The molecule has 0 aliphatic heterocycles. The van der Waals surface area contributed by atoms with Crippen LogP contribution in [0, 0.1) is 0 Å². The van der Waals surface area contributed by atoms with Gasteiger partial charge in [0.05, 0.1) is 32.5 Å². The molecule has 13 heteroatoms. The number of hydrogen-bond donors (Lipinski definition) is 0. The fourth-order valence-corrected chi connectivity index (χ4v) is 6.50. The second-order valence-corrected chi connectivity index (χ2v) is 10.5. The Labute approximate surface area is 215 Å². The molecule has 206 valence electrons. The third kappa shape index (κ3) is 5.36. The smallest absolute Gasteiger partial charge is 0.434 e. The van der Waals surface area contributed by atoms with E-state index in [1.807, 2.05) is 0 Å². The molecule has 0 amide bonds. The van der Waals surface area contributed by atoms with Crippen LogP contribution < -0.4 is 14.2 Å². The highest BCUT2D eigenvalue weighted by Gasteiger charge is 2.62. The number of ether oxygens (including phenoxy) is 3. The van der Waals surface area contributed by atoms with Gasteiger partial charge in [-0.1, -0.05) is 17.1 Å². The molecule has 2 aromatic carbocycles. The minimum absolute atomic E-state index is 0.153. The standard InChI is InChI=1S/C25H24F6O6P/c1-35-14-12-17(36-2)20(18(13-14)37-3)22(33)38(34)23(10-5-4-6-11-23)21(32)19-15(24(26,27)28)8-7-9-16(19)25(29,30)31/h7-9,12-13H,4-6,10-11H2,1-3H3/q+1. The van der Waals surface area contributed by atoms with E-state index in [1.54, 1.807) is 0 Å². The second-order valence-electron chi connectivity index (χ2n) is 8.65. The lowest BCUT2D eigenvalue weighted by molar-refractivity contribution is -0.143. The predicted octanol–water partition coefficient (Wildman–Crippen LogP) is 7.30. The lowest BCUT2D eigenvalue weighted by Gasteiger charge is -2.28. The van der Waals surface area contributed by atoms with Crippen molar-refractivity contribution in [2.45, 2.75) is 49.6 Å². The van der Waals surface area contributed by atoms with E-state index in [-0.39, 0.29) is 48.5 Å². The minimum atomic E-state index is -5.32. The van der Waals surface area contributed by atoms with Gasteiger partial charge in [-0.25, -0.2) is 4.79 Å². The first-order valence-corrected chi connectivity index (χ1v) is 12.6. The third-order valence-corrected chi connectivity index (χ3v) is 8.53. The van der Waals surface area contributed by atoms with E-state index in [2.05, 4.69) is 0 Å². The van der Waals surface area contributed by atoms with Gasteiger partial charge in [0.25, 0.3) is 0 Å². The number of rotatable bonds is 8. The maximum atomic E-state index is 13.9. The number of ketones is 1. The van der Waals surface area contributed by atoms with Crippen LogP contribution in [0.3, 0.4) is 0 Å². The van der Waals surface area contributed by atoms with Gasteiger partial charge in [-0.3, -0.25) is 4.79 Å². The van der Waals surface area contributed by atoms with Crippen LogP contribution in [0.2, 0.25) is 0 Å². The molecule has 2 aromatic rings. The van der Waals surface area contributed by atoms with Crippen molar-refractivity contribution in [3.63, 3.8) is 0 Å². The van der Waals surface area contributed by atoms with Crippen molar-refractivity contribution in [2.24, 2.45) is 0 Å². The minimum Gasteiger partial charge on any atom is -0.496 e. The van der Waals surface area contributed by atoms with Gasteiger partial charge in [0.2, 0.25) is 10.9 Å². The van der Waals surface area contributed by atoms with Gasteiger partial charge in [0.1, 0.15) is 17.2 Å². The third-order valence-electron chi connectivity index (χ3n) is 6.51. The number of methoxy groups -OCH3 is 3. The Hall–Kier alpha value is -3.14. The van der Waals surface area contributed by atoms with E-state index in [9.17, 15) is 40.5 Å². The molecule has 0 bridgehead atoms.